The molecule has 3 rings (SSSR count). The van der Waals surface area contributed by atoms with Crippen LogP contribution in [-0.2, 0) is 0 Å². The van der Waals surface area contributed by atoms with Crippen molar-refractivity contribution in [2.24, 2.45) is 5.73 Å². The van der Waals surface area contributed by atoms with Crippen LogP contribution in [0.1, 0.15) is 22.9 Å². The van der Waals surface area contributed by atoms with Gasteiger partial charge in [-0.1, -0.05) is 36.4 Å². The summed E-state index contributed by atoms with van der Waals surface area (Å²) in [5.74, 6) is 0.765. The second kappa shape index (κ2) is 4.83. The van der Waals surface area contributed by atoms with Crippen molar-refractivity contribution in [1.82, 2.24) is 0 Å². The summed E-state index contributed by atoms with van der Waals surface area (Å²) in [5, 5.41) is 2.42. The Hall–Kier alpha value is -1.58. The fraction of sp³-hybridized carbons (Fsp3) is 0.125. The lowest BCUT2D eigenvalue weighted by Gasteiger charge is -2.14. The van der Waals surface area contributed by atoms with Crippen molar-refractivity contribution >= 4 is 26.7 Å². The highest BCUT2D eigenvalue weighted by atomic mass is 79.9. The highest BCUT2D eigenvalue weighted by Gasteiger charge is 2.16. The molecule has 3 aromatic rings. The summed E-state index contributed by atoms with van der Waals surface area (Å²) in [7, 11) is 0. The number of hydrogen-bond donors (Lipinski definition) is 1. The summed E-state index contributed by atoms with van der Waals surface area (Å²) in [5.41, 5.74) is 8.67. The van der Waals surface area contributed by atoms with E-state index >= 15 is 0 Å². The molecule has 0 amide bonds. The van der Waals surface area contributed by atoms with Crippen LogP contribution in [0.2, 0.25) is 0 Å². The van der Waals surface area contributed by atoms with Gasteiger partial charge in [-0.05, 0) is 56.9 Å². The third-order valence-corrected chi connectivity index (χ3v) is 3.84. The Bertz CT molecular complexity index is 732. The van der Waals surface area contributed by atoms with Crippen molar-refractivity contribution in [3.8, 4) is 0 Å². The number of hydrogen-bond acceptors (Lipinski definition) is 2. The summed E-state index contributed by atoms with van der Waals surface area (Å²) in [4.78, 5) is 0. The first-order valence-corrected chi connectivity index (χ1v) is 6.95. The van der Waals surface area contributed by atoms with Gasteiger partial charge in [-0.25, -0.2) is 0 Å². The molecule has 0 radical (unpaired) electrons. The fourth-order valence-electron chi connectivity index (χ4n) is 2.39. The molecule has 2 N–H and O–H groups in total. The Morgan fingerprint density at radius 1 is 1.00 bits per heavy atom. The minimum Gasteiger partial charge on any atom is -0.452 e. The lowest BCUT2D eigenvalue weighted by molar-refractivity contribution is 0.471. The van der Waals surface area contributed by atoms with Gasteiger partial charge in [0, 0.05) is 0 Å². The minimum atomic E-state index is -0.253. The van der Waals surface area contributed by atoms with Crippen LogP contribution >= 0.6 is 15.9 Å². The fourth-order valence-corrected chi connectivity index (χ4v) is 2.71. The van der Waals surface area contributed by atoms with E-state index in [9.17, 15) is 0 Å². The molecule has 2 nitrogen and oxygen atoms in total. The summed E-state index contributed by atoms with van der Waals surface area (Å²) >= 11 is 3.31. The van der Waals surface area contributed by atoms with Crippen molar-refractivity contribution in [1.29, 1.82) is 0 Å². The standard InChI is InChI=1S/C16H14BrNO/c1-10-6-7-13(12-5-3-2-4-11(10)12)16(18)14-8-9-15(17)19-14/h2-9,16H,18H2,1H3. The van der Waals surface area contributed by atoms with Gasteiger partial charge in [0.2, 0.25) is 0 Å². The number of rotatable bonds is 2. The quantitative estimate of drug-likeness (QED) is 0.753. The zero-order valence-corrected chi connectivity index (χ0v) is 12.1. The van der Waals surface area contributed by atoms with Crippen LogP contribution in [0.5, 0.6) is 0 Å². The van der Waals surface area contributed by atoms with Crippen molar-refractivity contribution in [3.05, 3.63) is 70.1 Å². The molecular weight excluding hydrogens is 302 g/mol. The van der Waals surface area contributed by atoms with E-state index in [0.29, 0.717) is 4.67 Å². The van der Waals surface area contributed by atoms with E-state index in [0.717, 1.165) is 11.3 Å². The van der Waals surface area contributed by atoms with Crippen molar-refractivity contribution in [2.75, 3.05) is 0 Å². The predicted octanol–water partition coefficient (Wildman–Crippen LogP) is 4.55. The minimum absolute atomic E-state index is 0.253. The highest BCUT2D eigenvalue weighted by molar-refractivity contribution is 9.10. The van der Waals surface area contributed by atoms with Gasteiger partial charge in [0.05, 0.1) is 6.04 Å². The largest absolute Gasteiger partial charge is 0.452 e. The van der Waals surface area contributed by atoms with E-state index in [-0.39, 0.29) is 6.04 Å². The molecule has 0 saturated heterocycles. The van der Waals surface area contributed by atoms with Crippen LogP contribution in [-0.4, -0.2) is 0 Å². The van der Waals surface area contributed by atoms with Crippen LogP contribution in [0.4, 0.5) is 0 Å². The number of aryl methyl sites for hydroxylation is 1. The van der Waals surface area contributed by atoms with Crippen molar-refractivity contribution < 1.29 is 4.42 Å². The smallest absolute Gasteiger partial charge is 0.169 e. The monoisotopic (exact) mass is 315 g/mol. The molecular formula is C16H14BrNO. The summed E-state index contributed by atoms with van der Waals surface area (Å²) in [6.07, 6.45) is 0. The SMILES string of the molecule is Cc1ccc(C(N)c2ccc(Br)o2)c2ccccc12. The third-order valence-electron chi connectivity index (χ3n) is 3.41. The van der Waals surface area contributed by atoms with Gasteiger partial charge in [-0.2, -0.15) is 0 Å². The van der Waals surface area contributed by atoms with E-state index in [4.69, 9.17) is 10.2 Å². The van der Waals surface area contributed by atoms with Crippen LogP contribution in [0.15, 0.2) is 57.6 Å². The molecule has 2 aromatic carbocycles. The first-order valence-electron chi connectivity index (χ1n) is 6.16. The van der Waals surface area contributed by atoms with Gasteiger partial charge >= 0.3 is 0 Å². The van der Waals surface area contributed by atoms with Crippen LogP contribution in [0.3, 0.4) is 0 Å². The lowest BCUT2D eigenvalue weighted by Crippen LogP contribution is -2.11. The van der Waals surface area contributed by atoms with E-state index in [2.05, 4.69) is 47.1 Å². The van der Waals surface area contributed by atoms with E-state index in [1.165, 1.54) is 16.3 Å². The van der Waals surface area contributed by atoms with Gasteiger partial charge in [0.15, 0.2) is 4.67 Å². The first kappa shape index (κ1) is 12.5. The maximum Gasteiger partial charge on any atom is 0.169 e. The predicted molar refractivity (Wildman–Crippen MR) is 81.1 cm³/mol. The number of furan rings is 1. The molecule has 1 unspecified atom stereocenters. The van der Waals surface area contributed by atoms with Crippen LogP contribution in [0.25, 0.3) is 10.8 Å². The van der Waals surface area contributed by atoms with E-state index in [1.54, 1.807) is 0 Å². The Morgan fingerprint density at radius 2 is 1.74 bits per heavy atom. The maximum absolute atomic E-state index is 6.33. The Kier molecular flexibility index (Phi) is 3.17. The molecule has 19 heavy (non-hydrogen) atoms. The zero-order valence-electron chi connectivity index (χ0n) is 10.6. The number of nitrogens with two attached hydrogens (primary N) is 1. The third kappa shape index (κ3) is 2.20. The maximum atomic E-state index is 6.33. The second-order valence-electron chi connectivity index (χ2n) is 4.64. The zero-order chi connectivity index (χ0) is 13.4. The topological polar surface area (TPSA) is 39.2 Å². The van der Waals surface area contributed by atoms with Gasteiger partial charge in [-0.15, -0.1) is 0 Å². The molecule has 1 atom stereocenters. The van der Waals surface area contributed by atoms with E-state index in [1.807, 2.05) is 24.3 Å². The Labute approximate surface area is 120 Å². The molecule has 96 valence electrons. The second-order valence-corrected chi connectivity index (χ2v) is 5.42. The summed E-state index contributed by atoms with van der Waals surface area (Å²) < 4.78 is 6.27. The molecule has 0 spiro atoms. The lowest BCUT2D eigenvalue weighted by atomic mass is 9.95. The molecule has 0 aliphatic rings. The average Bonchev–Trinajstić information content (AvgIpc) is 2.86. The molecule has 0 aliphatic carbocycles. The molecule has 0 fully saturated rings. The Balaban J connectivity index is 2.18. The van der Waals surface area contributed by atoms with Gasteiger partial charge in [0.25, 0.3) is 0 Å². The molecule has 1 heterocycles. The average molecular weight is 316 g/mol. The van der Waals surface area contributed by atoms with Gasteiger partial charge in [0.1, 0.15) is 5.76 Å². The van der Waals surface area contributed by atoms with Gasteiger partial charge < -0.3 is 10.2 Å². The van der Waals surface area contributed by atoms with Crippen molar-refractivity contribution in [2.45, 2.75) is 13.0 Å². The molecule has 1 aromatic heterocycles. The molecule has 0 aliphatic heterocycles. The number of fused-ring (bicyclic) bond motifs is 1. The summed E-state index contributed by atoms with van der Waals surface area (Å²) in [6, 6.07) is 16.0. The molecule has 0 bridgehead atoms. The number of halogens is 1. The van der Waals surface area contributed by atoms with Crippen molar-refractivity contribution in [3.63, 3.8) is 0 Å². The number of benzene rings is 2. The molecule has 0 saturated carbocycles. The highest BCUT2D eigenvalue weighted by Crippen LogP contribution is 2.30. The van der Waals surface area contributed by atoms with Crippen LogP contribution in [0, 0.1) is 6.92 Å². The first-order chi connectivity index (χ1) is 9.16. The van der Waals surface area contributed by atoms with Crippen LogP contribution < -0.4 is 5.73 Å². The Morgan fingerprint density at radius 3 is 2.42 bits per heavy atom. The molecule has 3 heteroatoms. The summed E-state index contributed by atoms with van der Waals surface area (Å²) in [6.45, 7) is 2.11. The normalized spacial score (nSPS) is 12.8. The van der Waals surface area contributed by atoms with E-state index < -0.39 is 0 Å². The van der Waals surface area contributed by atoms with Gasteiger partial charge in [-0.3, -0.25) is 0 Å².